The van der Waals surface area contributed by atoms with Crippen LogP contribution in [0.1, 0.15) is 32.4 Å². The number of hydrogen-bond acceptors (Lipinski definition) is 4. The fourth-order valence-corrected chi connectivity index (χ4v) is 1.79. The van der Waals surface area contributed by atoms with E-state index in [1.807, 2.05) is 39.0 Å². The molecule has 1 aromatic rings. The maximum absolute atomic E-state index is 5.98. The highest BCUT2D eigenvalue weighted by Gasteiger charge is 2.16. The first-order valence-corrected chi connectivity index (χ1v) is 6.27. The molecular formula is C14H23NO3. The van der Waals surface area contributed by atoms with Crippen LogP contribution < -0.4 is 15.2 Å². The molecule has 1 unspecified atom stereocenters. The minimum atomic E-state index is -0.143. The number of hydrogen-bond donors (Lipinski definition) is 1. The molecule has 2 atom stereocenters. The van der Waals surface area contributed by atoms with E-state index in [9.17, 15) is 0 Å². The Morgan fingerprint density at radius 3 is 2.44 bits per heavy atom. The summed E-state index contributed by atoms with van der Waals surface area (Å²) in [6.07, 6.45) is -0.0189. The maximum Gasteiger partial charge on any atom is 0.128 e. The third kappa shape index (κ3) is 3.89. The summed E-state index contributed by atoms with van der Waals surface area (Å²) in [4.78, 5) is 0. The Bertz CT molecular complexity index is 366. The van der Waals surface area contributed by atoms with Gasteiger partial charge in [0.15, 0.2) is 0 Å². The molecule has 1 rings (SSSR count). The van der Waals surface area contributed by atoms with Gasteiger partial charge in [0.1, 0.15) is 17.6 Å². The Balaban J connectivity index is 2.87. The second-order valence-corrected chi connectivity index (χ2v) is 4.25. The number of methoxy groups -OCH3 is 1. The Morgan fingerprint density at radius 2 is 1.89 bits per heavy atom. The summed E-state index contributed by atoms with van der Waals surface area (Å²) in [5.74, 6) is 1.52. The van der Waals surface area contributed by atoms with Crippen molar-refractivity contribution in [1.82, 2.24) is 0 Å². The highest BCUT2D eigenvalue weighted by Crippen LogP contribution is 2.33. The van der Waals surface area contributed by atoms with Gasteiger partial charge in [0.2, 0.25) is 0 Å². The Hall–Kier alpha value is -1.26. The van der Waals surface area contributed by atoms with Crippen LogP contribution in [0.3, 0.4) is 0 Å². The lowest BCUT2D eigenvalue weighted by atomic mass is 10.1. The van der Waals surface area contributed by atoms with Gasteiger partial charge in [-0.2, -0.15) is 0 Å². The molecule has 0 aliphatic carbocycles. The molecule has 102 valence electrons. The Kier molecular flexibility index (Phi) is 5.95. The van der Waals surface area contributed by atoms with Gasteiger partial charge in [-0.15, -0.1) is 0 Å². The molecule has 0 heterocycles. The van der Waals surface area contributed by atoms with E-state index >= 15 is 0 Å². The van der Waals surface area contributed by atoms with E-state index in [1.165, 1.54) is 0 Å². The first kappa shape index (κ1) is 14.8. The molecule has 2 N–H and O–H groups in total. The van der Waals surface area contributed by atoms with E-state index in [0.29, 0.717) is 13.2 Å². The molecule has 0 aliphatic heterocycles. The number of nitrogens with two attached hydrogens (primary N) is 1. The lowest BCUT2D eigenvalue weighted by molar-refractivity contribution is 0.0649. The van der Waals surface area contributed by atoms with Crippen molar-refractivity contribution in [2.24, 2.45) is 5.73 Å². The monoisotopic (exact) mass is 253 g/mol. The summed E-state index contributed by atoms with van der Waals surface area (Å²) in [6.45, 7) is 7.10. The summed E-state index contributed by atoms with van der Waals surface area (Å²) >= 11 is 0. The van der Waals surface area contributed by atoms with Crippen molar-refractivity contribution in [2.45, 2.75) is 32.9 Å². The van der Waals surface area contributed by atoms with Gasteiger partial charge in [-0.25, -0.2) is 0 Å². The summed E-state index contributed by atoms with van der Waals surface area (Å²) in [5.41, 5.74) is 6.87. The quantitative estimate of drug-likeness (QED) is 0.811. The van der Waals surface area contributed by atoms with E-state index in [2.05, 4.69) is 0 Å². The van der Waals surface area contributed by atoms with E-state index < -0.39 is 0 Å². The Labute approximate surface area is 109 Å². The molecule has 0 saturated carbocycles. The van der Waals surface area contributed by atoms with Crippen LogP contribution in [0.2, 0.25) is 0 Å². The Morgan fingerprint density at radius 1 is 1.22 bits per heavy atom. The summed E-state index contributed by atoms with van der Waals surface area (Å²) < 4.78 is 16.5. The first-order valence-electron chi connectivity index (χ1n) is 6.27. The van der Waals surface area contributed by atoms with Gasteiger partial charge in [-0.05, 0) is 32.9 Å². The van der Waals surface area contributed by atoms with Crippen LogP contribution in [0.4, 0.5) is 0 Å². The zero-order valence-corrected chi connectivity index (χ0v) is 11.6. The molecule has 4 nitrogen and oxygen atoms in total. The van der Waals surface area contributed by atoms with Crippen LogP contribution in [0.5, 0.6) is 11.5 Å². The summed E-state index contributed by atoms with van der Waals surface area (Å²) in [6, 6.07) is 5.55. The molecule has 0 aromatic heterocycles. The molecule has 0 radical (unpaired) electrons. The third-order valence-electron chi connectivity index (χ3n) is 2.59. The zero-order chi connectivity index (χ0) is 13.5. The fraction of sp³-hybridized carbons (Fsp3) is 0.571. The van der Waals surface area contributed by atoms with Crippen molar-refractivity contribution in [3.05, 3.63) is 23.8 Å². The predicted molar refractivity (Wildman–Crippen MR) is 72.2 cm³/mol. The van der Waals surface area contributed by atoms with Gasteiger partial charge >= 0.3 is 0 Å². The number of rotatable bonds is 7. The van der Waals surface area contributed by atoms with Gasteiger partial charge in [0.05, 0.1) is 19.3 Å². The van der Waals surface area contributed by atoms with Crippen LogP contribution >= 0.6 is 0 Å². The second kappa shape index (κ2) is 7.24. The van der Waals surface area contributed by atoms with Gasteiger partial charge in [-0.3, -0.25) is 0 Å². The lowest BCUT2D eigenvalue weighted by Gasteiger charge is -2.20. The van der Waals surface area contributed by atoms with E-state index in [4.69, 9.17) is 19.9 Å². The molecule has 0 spiro atoms. The normalized spacial score (nSPS) is 14.1. The molecule has 4 heteroatoms. The lowest BCUT2D eigenvalue weighted by Crippen LogP contribution is -2.21. The van der Waals surface area contributed by atoms with Crippen LogP contribution in [0.15, 0.2) is 18.2 Å². The van der Waals surface area contributed by atoms with Crippen molar-refractivity contribution in [3.63, 3.8) is 0 Å². The largest absolute Gasteiger partial charge is 0.496 e. The van der Waals surface area contributed by atoms with Crippen molar-refractivity contribution >= 4 is 0 Å². The van der Waals surface area contributed by atoms with Crippen molar-refractivity contribution in [2.75, 3.05) is 20.3 Å². The van der Waals surface area contributed by atoms with Gasteiger partial charge in [-0.1, -0.05) is 6.07 Å². The minimum Gasteiger partial charge on any atom is -0.496 e. The molecule has 0 saturated heterocycles. The number of ether oxygens (including phenoxy) is 3. The van der Waals surface area contributed by atoms with Gasteiger partial charge in [0.25, 0.3) is 0 Å². The first-order chi connectivity index (χ1) is 8.60. The third-order valence-corrected chi connectivity index (χ3v) is 2.59. The SMILES string of the molecule is CCOCC(C)Oc1cccc(OC)c1[C@@H](C)N. The smallest absolute Gasteiger partial charge is 0.128 e. The van der Waals surface area contributed by atoms with Crippen LogP contribution in [-0.4, -0.2) is 26.4 Å². The molecule has 0 amide bonds. The average Bonchev–Trinajstić information content (AvgIpc) is 2.35. The van der Waals surface area contributed by atoms with Gasteiger partial charge in [0, 0.05) is 12.6 Å². The summed E-state index contributed by atoms with van der Waals surface area (Å²) in [5, 5.41) is 0. The van der Waals surface area contributed by atoms with Crippen molar-refractivity contribution < 1.29 is 14.2 Å². The molecule has 1 aromatic carbocycles. The highest BCUT2D eigenvalue weighted by atomic mass is 16.5. The van der Waals surface area contributed by atoms with E-state index in [-0.39, 0.29) is 12.1 Å². The second-order valence-electron chi connectivity index (χ2n) is 4.25. The standard InChI is InChI=1S/C14H23NO3/c1-5-17-9-10(2)18-13-8-6-7-12(16-4)14(13)11(3)15/h6-8,10-11H,5,9,15H2,1-4H3/t10?,11-/m1/s1. The molecule has 0 fully saturated rings. The summed E-state index contributed by atoms with van der Waals surface area (Å²) in [7, 11) is 1.63. The topological polar surface area (TPSA) is 53.7 Å². The van der Waals surface area contributed by atoms with Gasteiger partial charge < -0.3 is 19.9 Å². The maximum atomic E-state index is 5.98. The van der Waals surface area contributed by atoms with E-state index in [0.717, 1.165) is 17.1 Å². The minimum absolute atomic E-state index is 0.0189. The van der Waals surface area contributed by atoms with Crippen LogP contribution in [0, 0.1) is 0 Å². The molecule has 0 aliphatic rings. The fourth-order valence-electron chi connectivity index (χ4n) is 1.79. The molecule has 18 heavy (non-hydrogen) atoms. The van der Waals surface area contributed by atoms with Crippen molar-refractivity contribution in [1.29, 1.82) is 0 Å². The van der Waals surface area contributed by atoms with Crippen LogP contribution in [-0.2, 0) is 4.74 Å². The number of benzene rings is 1. The van der Waals surface area contributed by atoms with Crippen LogP contribution in [0.25, 0.3) is 0 Å². The van der Waals surface area contributed by atoms with Crippen molar-refractivity contribution in [3.8, 4) is 11.5 Å². The highest BCUT2D eigenvalue weighted by molar-refractivity contribution is 5.46. The predicted octanol–water partition coefficient (Wildman–Crippen LogP) is 2.52. The molecule has 0 bridgehead atoms. The van der Waals surface area contributed by atoms with E-state index in [1.54, 1.807) is 7.11 Å². The zero-order valence-electron chi connectivity index (χ0n) is 11.6. The molecular weight excluding hydrogens is 230 g/mol. The average molecular weight is 253 g/mol.